The Balaban J connectivity index is 2.23. The zero-order valence-corrected chi connectivity index (χ0v) is 12.9. The van der Waals surface area contributed by atoms with Gasteiger partial charge >= 0.3 is 7.12 Å². The van der Waals surface area contributed by atoms with Crippen LogP contribution in [0.3, 0.4) is 0 Å². The summed E-state index contributed by atoms with van der Waals surface area (Å²) >= 11 is 0. The summed E-state index contributed by atoms with van der Waals surface area (Å²) in [7, 11) is -0.663. The second-order valence-electron chi connectivity index (χ2n) is 6.63. The van der Waals surface area contributed by atoms with Crippen LogP contribution in [0.4, 0.5) is 4.39 Å². The summed E-state index contributed by atoms with van der Waals surface area (Å²) in [4.78, 5) is 0. The molecule has 0 aliphatic carbocycles. The molecule has 2 N–H and O–H groups in total. The van der Waals surface area contributed by atoms with Gasteiger partial charge in [0, 0.05) is 11.5 Å². The highest BCUT2D eigenvalue weighted by atomic mass is 19.1. The lowest BCUT2D eigenvalue weighted by atomic mass is 9.78. The molecule has 0 bridgehead atoms. The summed E-state index contributed by atoms with van der Waals surface area (Å²) in [6.45, 7) is 9.72. The molecule has 3 nitrogen and oxygen atoms in total. The molecular formula is C15H23BFNO2. The molecule has 0 amide bonds. The van der Waals surface area contributed by atoms with Crippen LogP contribution in [0.2, 0.25) is 0 Å². The lowest BCUT2D eigenvalue weighted by Gasteiger charge is -2.32. The fourth-order valence-corrected chi connectivity index (χ4v) is 2.23. The maximum atomic E-state index is 14.3. The fourth-order valence-electron chi connectivity index (χ4n) is 2.23. The minimum Gasteiger partial charge on any atom is -0.399 e. The van der Waals surface area contributed by atoms with Gasteiger partial charge in [-0.2, -0.15) is 0 Å². The predicted octanol–water partition coefficient (Wildman–Crippen LogP) is 2.01. The molecule has 1 aromatic rings. The zero-order valence-electron chi connectivity index (χ0n) is 12.9. The molecule has 2 rings (SSSR count). The molecule has 0 radical (unpaired) electrons. The molecule has 0 saturated carbocycles. The van der Waals surface area contributed by atoms with Gasteiger partial charge in [-0.05, 0) is 52.7 Å². The molecule has 0 spiro atoms. The molecule has 0 aromatic heterocycles. The average Bonchev–Trinajstić information content (AvgIpc) is 2.46. The van der Waals surface area contributed by atoms with Crippen LogP contribution in [0.5, 0.6) is 0 Å². The van der Waals surface area contributed by atoms with Crippen LogP contribution in [0, 0.1) is 5.82 Å². The van der Waals surface area contributed by atoms with Gasteiger partial charge in [0.15, 0.2) is 0 Å². The highest BCUT2D eigenvalue weighted by Gasteiger charge is 2.52. The average molecular weight is 279 g/mol. The van der Waals surface area contributed by atoms with Crippen LogP contribution in [-0.2, 0) is 15.7 Å². The zero-order chi connectivity index (χ0) is 15.1. The van der Waals surface area contributed by atoms with Crippen molar-refractivity contribution in [3.63, 3.8) is 0 Å². The quantitative estimate of drug-likeness (QED) is 0.861. The Labute approximate surface area is 120 Å². The maximum Gasteiger partial charge on any atom is 0.497 e. The second kappa shape index (κ2) is 5.13. The molecule has 1 aromatic carbocycles. The summed E-state index contributed by atoms with van der Waals surface area (Å²) < 4.78 is 26.0. The second-order valence-corrected chi connectivity index (χ2v) is 6.63. The van der Waals surface area contributed by atoms with E-state index in [1.54, 1.807) is 6.07 Å². The number of hydrogen-bond acceptors (Lipinski definition) is 3. The summed E-state index contributed by atoms with van der Waals surface area (Å²) in [5, 5.41) is 0. The first kappa shape index (κ1) is 15.5. The molecule has 1 saturated heterocycles. The van der Waals surface area contributed by atoms with Gasteiger partial charge < -0.3 is 15.0 Å². The Kier molecular flexibility index (Phi) is 3.97. The number of rotatable bonds is 3. The van der Waals surface area contributed by atoms with Gasteiger partial charge in [-0.1, -0.05) is 12.1 Å². The van der Waals surface area contributed by atoms with E-state index in [4.69, 9.17) is 15.0 Å². The van der Waals surface area contributed by atoms with Crippen molar-refractivity contribution in [2.75, 3.05) is 0 Å². The normalized spacial score (nSPS) is 22.1. The molecule has 1 atom stereocenters. The first-order valence-electron chi connectivity index (χ1n) is 7.02. The van der Waals surface area contributed by atoms with Crippen LogP contribution in [0.15, 0.2) is 18.2 Å². The van der Waals surface area contributed by atoms with E-state index in [9.17, 15) is 4.39 Å². The SMILES string of the molecule is CC(N)Cc1ccc(B2OC(C)(C)C(C)(C)O2)c(F)c1. The number of halogens is 1. The lowest BCUT2D eigenvalue weighted by molar-refractivity contribution is 0.00578. The minimum absolute atomic E-state index is 0.0112. The van der Waals surface area contributed by atoms with E-state index < -0.39 is 18.3 Å². The van der Waals surface area contributed by atoms with E-state index in [1.807, 2.05) is 40.7 Å². The first-order chi connectivity index (χ1) is 9.12. The molecule has 1 aliphatic rings. The third-order valence-corrected chi connectivity index (χ3v) is 4.13. The standard InChI is InChI=1S/C15H23BFNO2/c1-10(18)8-11-6-7-12(13(17)9-11)16-19-14(2,3)15(4,5)20-16/h6-7,9-10H,8,18H2,1-5H3. The van der Waals surface area contributed by atoms with Crippen molar-refractivity contribution in [1.82, 2.24) is 0 Å². The topological polar surface area (TPSA) is 44.5 Å². The Morgan fingerprint density at radius 3 is 2.20 bits per heavy atom. The van der Waals surface area contributed by atoms with Crippen LogP contribution >= 0.6 is 0 Å². The van der Waals surface area contributed by atoms with Crippen molar-refractivity contribution in [3.05, 3.63) is 29.6 Å². The van der Waals surface area contributed by atoms with Gasteiger partial charge in [-0.15, -0.1) is 0 Å². The molecule has 20 heavy (non-hydrogen) atoms. The van der Waals surface area contributed by atoms with Crippen molar-refractivity contribution >= 4 is 12.6 Å². The molecule has 1 heterocycles. The third-order valence-electron chi connectivity index (χ3n) is 4.13. The van der Waals surface area contributed by atoms with Gasteiger partial charge in [0.2, 0.25) is 0 Å². The Morgan fingerprint density at radius 2 is 1.75 bits per heavy atom. The minimum atomic E-state index is -0.663. The number of nitrogens with two attached hydrogens (primary N) is 1. The number of hydrogen-bond donors (Lipinski definition) is 1. The summed E-state index contributed by atoms with van der Waals surface area (Å²) in [6.07, 6.45) is 0.653. The fraction of sp³-hybridized carbons (Fsp3) is 0.600. The third kappa shape index (κ3) is 2.90. The summed E-state index contributed by atoms with van der Waals surface area (Å²) in [5.41, 5.74) is 6.14. The Morgan fingerprint density at radius 1 is 1.20 bits per heavy atom. The van der Waals surface area contributed by atoms with Gasteiger partial charge in [0.25, 0.3) is 0 Å². The van der Waals surface area contributed by atoms with Crippen molar-refractivity contribution in [2.24, 2.45) is 5.73 Å². The Bertz CT molecular complexity index is 487. The summed E-state index contributed by atoms with van der Waals surface area (Å²) in [5.74, 6) is -0.304. The molecule has 1 aliphatic heterocycles. The van der Waals surface area contributed by atoms with Crippen LogP contribution in [0.1, 0.15) is 40.2 Å². The monoisotopic (exact) mass is 279 g/mol. The van der Waals surface area contributed by atoms with Crippen LogP contribution in [-0.4, -0.2) is 24.4 Å². The van der Waals surface area contributed by atoms with Crippen molar-refractivity contribution < 1.29 is 13.7 Å². The molecular weight excluding hydrogens is 256 g/mol. The van der Waals surface area contributed by atoms with E-state index in [0.29, 0.717) is 11.9 Å². The molecule has 110 valence electrons. The van der Waals surface area contributed by atoms with E-state index >= 15 is 0 Å². The van der Waals surface area contributed by atoms with E-state index in [-0.39, 0.29) is 11.9 Å². The molecule has 1 fully saturated rings. The first-order valence-corrected chi connectivity index (χ1v) is 7.02. The van der Waals surface area contributed by atoms with Gasteiger partial charge in [-0.3, -0.25) is 0 Å². The van der Waals surface area contributed by atoms with Gasteiger partial charge in [-0.25, -0.2) is 4.39 Å². The largest absolute Gasteiger partial charge is 0.497 e. The smallest absolute Gasteiger partial charge is 0.399 e. The Hall–Kier alpha value is -0.905. The molecule has 5 heteroatoms. The molecule has 1 unspecified atom stereocenters. The van der Waals surface area contributed by atoms with Gasteiger partial charge in [0.05, 0.1) is 11.2 Å². The van der Waals surface area contributed by atoms with Gasteiger partial charge in [0.1, 0.15) is 5.82 Å². The highest BCUT2D eigenvalue weighted by Crippen LogP contribution is 2.36. The van der Waals surface area contributed by atoms with E-state index in [0.717, 1.165) is 5.56 Å². The number of benzene rings is 1. The maximum absolute atomic E-state index is 14.3. The van der Waals surface area contributed by atoms with E-state index in [1.165, 1.54) is 6.07 Å². The lowest BCUT2D eigenvalue weighted by Crippen LogP contribution is -2.41. The van der Waals surface area contributed by atoms with E-state index in [2.05, 4.69) is 0 Å². The van der Waals surface area contributed by atoms with Crippen molar-refractivity contribution in [1.29, 1.82) is 0 Å². The van der Waals surface area contributed by atoms with Crippen LogP contribution in [0.25, 0.3) is 0 Å². The summed E-state index contributed by atoms with van der Waals surface area (Å²) in [6, 6.07) is 5.14. The van der Waals surface area contributed by atoms with Crippen molar-refractivity contribution in [2.45, 2.75) is 58.3 Å². The predicted molar refractivity (Wildman–Crippen MR) is 79.5 cm³/mol. The van der Waals surface area contributed by atoms with Crippen LogP contribution < -0.4 is 11.2 Å². The highest BCUT2D eigenvalue weighted by molar-refractivity contribution is 6.62. The van der Waals surface area contributed by atoms with Crippen molar-refractivity contribution in [3.8, 4) is 0 Å².